The summed E-state index contributed by atoms with van der Waals surface area (Å²) < 4.78 is 5.64. The molecule has 0 aromatic heterocycles. The number of nitrogens with two attached hydrogens (primary N) is 1. The fourth-order valence-corrected chi connectivity index (χ4v) is 2.26. The molecule has 130 valence electrons. The lowest BCUT2D eigenvalue weighted by Crippen LogP contribution is -2.34. The van der Waals surface area contributed by atoms with Gasteiger partial charge in [-0.2, -0.15) is 0 Å². The zero-order valence-electron chi connectivity index (χ0n) is 14.1. The van der Waals surface area contributed by atoms with Gasteiger partial charge in [-0.1, -0.05) is 18.2 Å². The first kappa shape index (κ1) is 19.6. The van der Waals surface area contributed by atoms with Crippen LogP contribution in [-0.4, -0.2) is 59.7 Å². The predicted octanol–water partition coefficient (Wildman–Crippen LogP) is 0.830. The molecule has 23 heavy (non-hydrogen) atoms. The third kappa shape index (κ3) is 8.08. The highest BCUT2D eigenvalue weighted by Gasteiger charge is 2.26. The lowest BCUT2D eigenvalue weighted by molar-refractivity contribution is -0.127. The number of ether oxygens (including phenoxy) is 1. The van der Waals surface area contributed by atoms with Crippen molar-refractivity contribution in [3.63, 3.8) is 0 Å². The van der Waals surface area contributed by atoms with E-state index < -0.39 is 5.79 Å². The van der Waals surface area contributed by atoms with Crippen LogP contribution in [0.25, 0.3) is 0 Å². The van der Waals surface area contributed by atoms with E-state index in [0.29, 0.717) is 31.2 Å². The van der Waals surface area contributed by atoms with Crippen molar-refractivity contribution in [1.29, 1.82) is 0 Å². The normalized spacial score (nSPS) is 20.6. The first-order chi connectivity index (χ1) is 10.7. The predicted molar refractivity (Wildman–Crippen MR) is 88.8 cm³/mol. The van der Waals surface area contributed by atoms with E-state index in [1.807, 2.05) is 37.4 Å². The van der Waals surface area contributed by atoms with Crippen LogP contribution in [0.2, 0.25) is 0 Å². The highest BCUT2D eigenvalue weighted by atomic mass is 16.5. The van der Waals surface area contributed by atoms with Crippen LogP contribution in [-0.2, 0) is 4.74 Å². The van der Waals surface area contributed by atoms with E-state index in [0.717, 1.165) is 6.42 Å². The van der Waals surface area contributed by atoms with Crippen LogP contribution < -0.4 is 5.73 Å². The van der Waals surface area contributed by atoms with Crippen molar-refractivity contribution in [3.05, 3.63) is 35.9 Å². The van der Waals surface area contributed by atoms with Crippen LogP contribution in [0.1, 0.15) is 30.6 Å². The van der Waals surface area contributed by atoms with Crippen molar-refractivity contribution in [2.75, 3.05) is 26.7 Å². The molecule has 1 heterocycles. The van der Waals surface area contributed by atoms with Crippen LogP contribution in [0, 0.1) is 5.92 Å². The van der Waals surface area contributed by atoms with Crippen molar-refractivity contribution in [2.45, 2.75) is 32.2 Å². The highest BCUT2D eigenvalue weighted by Crippen LogP contribution is 2.19. The molecule has 1 aromatic rings. The number of carbonyl (C=O) groups excluding carboxylic acids is 1. The Bertz CT molecular complexity index is 467. The minimum absolute atomic E-state index is 0.0374. The SMILES string of the molecule is CC(C)(O)O.CN(CC1CC(CN)CO1)C(=O)c1ccccc1. The first-order valence-corrected chi connectivity index (χ1v) is 7.77. The van der Waals surface area contributed by atoms with Gasteiger partial charge in [0.15, 0.2) is 5.79 Å². The number of nitrogens with zero attached hydrogens (tertiary/aromatic N) is 1. The maximum Gasteiger partial charge on any atom is 0.253 e. The Morgan fingerprint density at radius 2 is 1.91 bits per heavy atom. The van der Waals surface area contributed by atoms with Gasteiger partial charge in [0.1, 0.15) is 0 Å². The Morgan fingerprint density at radius 1 is 1.35 bits per heavy atom. The lowest BCUT2D eigenvalue weighted by atomic mass is 10.1. The molecule has 4 N–H and O–H groups in total. The Labute approximate surface area is 137 Å². The average Bonchev–Trinajstić information content (AvgIpc) is 2.93. The Balaban J connectivity index is 0.000000463. The summed E-state index contributed by atoms with van der Waals surface area (Å²) in [5, 5.41) is 16.2. The Kier molecular flexibility index (Phi) is 7.64. The standard InChI is InChI=1S/C14H20N2O2.C3H8O2/c1-16(9-13-7-11(8-15)10-18-13)14(17)12-5-3-2-4-6-12;1-3(2,4)5/h2-6,11,13H,7-10,15H2,1H3;4-5H,1-2H3. The number of carbonyl (C=O) groups is 1. The van der Waals surface area contributed by atoms with E-state index in [4.69, 9.17) is 20.7 Å². The molecule has 6 nitrogen and oxygen atoms in total. The second-order valence-corrected chi connectivity index (χ2v) is 6.34. The van der Waals surface area contributed by atoms with Crippen LogP contribution in [0.3, 0.4) is 0 Å². The first-order valence-electron chi connectivity index (χ1n) is 7.77. The van der Waals surface area contributed by atoms with Crippen molar-refractivity contribution >= 4 is 5.91 Å². The van der Waals surface area contributed by atoms with Crippen LogP contribution >= 0.6 is 0 Å². The number of hydrogen-bond donors (Lipinski definition) is 3. The van der Waals surface area contributed by atoms with Gasteiger partial charge in [0.05, 0.1) is 12.7 Å². The largest absolute Gasteiger partial charge is 0.376 e. The number of benzene rings is 1. The summed E-state index contributed by atoms with van der Waals surface area (Å²) in [5.41, 5.74) is 6.33. The summed E-state index contributed by atoms with van der Waals surface area (Å²) in [6.07, 6.45) is 1.07. The van der Waals surface area contributed by atoms with Gasteiger partial charge in [-0.25, -0.2) is 0 Å². The molecule has 0 bridgehead atoms. The second-order valence-electron chi connectivity index (χ2n) is 6.34. The topological polar surface area (TPSA) is 96.0 Å². The highest BCUT2D eigenvalue weighted by molar-refractivity contribution is 5.93. The van der Waals surface area contributed by atoms with E-state index in [1.54, 1.807) is 4.90 Å². The number of likely N-dealkylation sites (N-methyl/N-ethyl adjacent to an activating group) is 1. The van der Waals surface area contributed by atoms with Gasteiger partial charge in [0, 0.05) is 19.2 Å². The number of amides is 1. The zero-order valence-corrected chi connectivity index (χ0v) is 14.1. The summed E-state index contributed by atoms with van der Waals surface area (Å²) in [5.74, 6) is -1.02. The molecule has 6 heteroatoms. The van der Waals surface area contributed by atoms with Crippen molar-refractivity contribution in [1.82, 2.24) is 4.90 Å². The van der Waals surface area contributed by atoms with E-state index in [2.05, 4.69) is 0 Å². The van der Waals surface area contributed by atoms with Crippen molar-refractivity contribution in [2.24, 2.45) is 11.7 Å². The van der Waals surface area contributed by atoms with Gasteiger partial charge in [-0.3, -0.25) is 4.79 Å². The molecule has 1 aliphatic rings. The molecule has 0 radical (unpaired) electrons. The zero-order chi connectivity index (χ0) is 17.5. The van der Waals surface area contributed by atoms with Crippen LogP contribution in [0.4, 0.5) is 0 Å². The molecule has 0 spiro atoms. The van der Waals surface area contributed by atoms with E-state index >= 15 is 0 Å². The molecule has 1 aromatic carbocycles. The van der Waals surface area contributed by atoms with Gasteiger partial charge in [0.2, 0.25) is 0 Å². The van der Waals surface area contributed by atoms with Gasteiger partial charge in [0.25, 0.3) is 5.91 Å². The molecule has 2 unspecified atom stereocenters. The van der Waals surface area contributed by atoms with Crippen molar-refractivity contribution < 1.29 is 19.7 Å². The molecule has 1 amide bonds. The van der Waals surface area contributed by atoms with Gasteiger partial charge in [-0.15, -0.1) is 0 Å². The lowest BCUT2D eigenvalue weighted by Gasteiger charge is -2.21. The smallest absolute Gasteiger partial charge is 0.253 e. The van der Waals surface area contributed by atoms with Crippen LogP contribution in [0.5, 0.6) is 0 Å². The molecule has 0 saturated carbocycles. The maximum atomic E-state index is 12.1. The molecule has 2 atom stereocenters. The Morgan fingerprint density at radius 3 is 2.39 bits per heavy atom. The molecule has 1 saturated heterocycles. The van der Waals surface area contributed by atoms with Gasteiger partial charge >= 0.3 is 0 Å². The summed E-state index contributed by atoms with van der Waals surface area (Å²) in [6.45, 7) is 4.60. The molecular formula is C17H28N2O4. The number of rotatable bonds is 4. The van der Waals surface area contributed by atoms with E-state index in [-0.39, 0.29) is 12.0 Å². The molecule has 1 aliphatic heterocycles. The van der Waals surface area contributed by atoms with Crippen molar-refractivity contribution in [3.8, 4) is 0 Å². The average molecular weight is 324 g/mol. The second kappa shape index (κ2) is 8.98. The van der Waals surface area contributed by atoms with E-state index in [1.165, 1.54) is 13.8 Å². The minimum atomic E-state index is -1.50. The Hall–Kier alpha value is -1.47. The summed E-state index contributed by atoms with van der Waals surface area (Å²) in [7, 11) is 1.81. The molecule has 1 fully saturated rings. The number of hydrogen-bond acceptors (Lipinski definition) is 5. The molecule has 2 rings (SSSR count). The minimum Gasteiger partial charge on any atom is -0.376 e. The van der Waals surface area contributed by atoms with Gasteiger partial charge in [-0.05, 0) is 44.9 Å². The maximum absolute atomic E-state index is 12.1. The van der Waals surface area contributed by atoms with E-state index in [9.17, 15) is 4.79 Å². The quantitative estimate of drug-likeness (QED) is 0.713. The fraction of sp³-hybridized carbons (Fsp3) is 0.588. The number of aliphatic hydroxyl groups is 2. The summed E-state index contributed by atoms with van der Waals surface area (Å²) >= 11 is 0. The molecule has 0 aliphatic carbocycles. The molecular weight excluding hydrogens is 296 g/mol. The third-order valence-electron chi connectivity index (χ3n) is 3.34. The van der Waals surface area contributed by atoms with Gasteiger partial charge < -0.3 is 25.6 Å². The summed E-state index contributed by atoms with van der Waals surface area (Å²) in [6, 6.07) is 9.31. The van der Waals surface area contributed by atoms with Crippen LogP contribution in [0.15, 0.2) is 30.3 Å². The monoisotopic (exact) mass is 324 g/mol. The fourth-order valence-electron chi connectivity index (χ4n) is 2.26. The third-order valence-corrected chi connectivity index (χ3v) is 3.34. The summed E-state index contributed by atoms with van der Waals surface area (Å²) in [4.78, 5) is 13.9.